The summed E-state index contributed by atoms with van der Waals surface area (Å²) in [7, 11) is 3.25. The molecule has 9 heteroatoms. The summed E-state index contributed by atoms with van der Waals surface area (Å²) in [6.45, 7) is 3.26. The second-order valence-corrected chi connectivity index (χ2v) is 7.40. The van der Waals surface area contributed by atoms with Gasteiger partial charge in [-0.15, -0.1) is 0 Å². The zero-order valence-corrected chi connectivity index (χ0v) is 16.6. The molecule has 0 unspecified atom stereocenters. The molecule has 0 aliphatic carbocycles. The lowest BCUT2D eigenvalue weighted by atomic mass is 10.2. The van der Waals surface area contributed by atoms with Crippen LogP contribution in [-0.2, 0) is 32.0 Å². The fourth-order valence-electron chi connectivity index (χ4n) is 3.77. The first-order valence-electron chi connectivity index (χ1n) is 9.60. The van der Waals surface area contributed by atoms with Crippen molar-refractivity contribution in [3.05, 3.63) is 63.1 Å². The van der Waals surface area contributed by atoms with E-state index in [0.717, 1.165) is 24.2 Å². The highest BCUT2D eigenvalue weighted by Crippen LogP contribution is 2.09. The number of aryl methyl sites for hydroxylation is 2. The zero-order valence-electron chi connectivity index (χ0n) is 16.6. The molecule has 0 bridgehead atoms. The first-order valence-corrected chi connectivity index (χ1v) is 9.60. The van der Waals surface area contributed by atoms with Crippen LogP contribution in [-0.4, -0.2) is 60.6 Å². The molecule has 0 spiro atoms. The summed E-state index contributed by atoms with van der Waals surface area (Å²) in [6, 6.07) is 10.2. The van der Waals surface area contributed by atoms with Crippen LogP contribution in [0.5, 0.6) is 0 Å². The molecular formula is C20H24N6O3. The van der Waals surface area contributed by atoms with E-state index in [1.807, 2.05) is 18.2 Å². The molecule has 1 aliphatic rings. The van der Waals surface area contributed by atoms with Crippen LogP contribution in [0.1, 0.15) is 5.56 Å². The molecule has 0 N–H and O–H groups in total. The molecule has 0 saturated carbocycles. The Morgan fingerprint density at radius 3 is 2.41 bits per heavy atom. The molecule has 1 amide bonds. The number of carbonyl (C=O) groups excluding carboxylic acids is 1. The smallest absolute Gasteiger partial charge is 0.332 e. The molecule has 4 rings (SSSR count). The van der Waals surface area contributed by atoms with E-state index in [1.165, 1.54) is 16.5 Å². The second-order valence-electron chi connectivity index (χ2n) is 7.40. The molecule has 3 heterocycles. The highest BCUT2D eigenvalue weighted by atomic mass is 16.2. The summed E-state index contributed by atoms with van der Waals surface area (Å²) < 4.78 is 3.88. The maximum absolute atomic E-state index is 12.8. The van der Waals surface area contributed by atoms with Crippen LogP contribution in [0.3, 0.4) is 0 Å². The lowest BCUT2D eigenvalue weighted by Crippen LogP contribution is -2.51. The number of hydrogen-bond donors (Lipinski definition) is 0. The molecule has 9 nitrogen and oxygen atoms in total. The van der Waals surface area contributed by atoms with Crippen LogP contribution in [0.2, 0.25) is 0 Å². The van der Waals surface area contributed by atoms with E-state index < -0.39 is 11.2 Å². The van der Waals surface area contributed by atoms with Crippen molar-refractivity contribution < 1.29 is 4.79 Å². The fourth-order valence-corrected chi connectivity index (χ4v) is 3.77. The van der Waals surface area contributed by atoms with Gasteiger partial charge in [-0.25, -0.2) is 14.3 Å². The Bertz CT molecular complexity index is 1150. The van der Waals surface area contributed by atoms with Crippen molar-refractivity contribution in [3.63, 3.8) is 0 Å². The Labute approximate surface area is 167 Å². The van der Waals surface area contributed by atoms with Gasteiger partial charge in [0.25, 0.3) is 5.56 Å². The highest BCUT2D eigenvalue weighted by molar-refractivity contribution is 5.77. The molecule has 152 valence electrons. The Balaban J connectivity index is 1.46. The van der Waals surface area contributed by atoms with Crippen molar-refractivity contribution in [2.75, 3.05) is 26.2 Å². The van der Waals surface area contributed by atoms with E-state index >= 15 is 0 Å². The van der Waals surface area contributed by atoms with Gasteiger partial charge in [0, 0.05) is 46.8 Å². The number of piperazine rings is 1. The summed E-state index contributed by atoms with van der Waals surface area (Å²) >= 11 is 0. The number of fused-ring (bicyclic) bond motifs is 1. The standard InChI is InChI=1S/C20H24N6O3/c1-22-14-21-18-17(22)19(28)26(20(29)23(18)2)13-16(27)25-10-8-24(9-11-25)12-15-6-4-3-5-7-15/h3-7,14H,8-13H2,1-2H3. The number of amides is 1. The van der Waals surface area contributed by atoms with Gasteiger partial charge in [0.1, 0.15) is 6.54 Å². The van der Waals surface area contributed by atoms with Crippen LogP contribution in [0.4, 0.5) is 0 Å². The molecule has 1 fully saturated rings. The molecule has 0 radical (unpaired) electrons. The summed E-state index contributed by atoms with van der Waals surface area (Å²) in [6.07, 6.45) is 1.49. The Morgan fingerprint density at radius 2 is 1.72 bits per heavy atom. The Morgan fingerprint density at radius 1 is 1.03 bits per heavy atom. The van der Waals surface area contributed by atoms with Gasteiger partial charge in [-0.2, -0.15) is 0 Å². The number of aromatic nitrogens is 4. The van der Waals surface area contributed by atoms with Crippen LogP contribution in [0.25, 0.3) is 11.2 Å². The fraction of sp³-hybridized carbons (Fsp3) is 0.400. The van der Waals surface area contributed by atoms with E-state index in [1.54, 1.807) is 23.6 Å². The van der Waals surface area contributed by atoms with Gasteiger partial charge >= 0.3 is 5.69 Å². The average Bonchev–Trinajstić information content (AvgIpc) is 3.12. The number of nitrogens with zero attached hydrogens (tertiary/aromatic N) is 6. The minimum Gasteiger partial charge on any atom is -0.339 e. The Kier molecular flexibility index (Phi) is 5.06. The molecule has 3 aromatic rings. The normalized spacial score (nSPS) is 15.2. The molecule has 1 saturated heterocycles. The topological polar surface area (TPSA) is 85.4 Å². The van der Waals surface area contributed by atoms with Gasteiger partial charge < -0.3 is 9.47 Å². The van der Waals surface area contributed by atoms with Gasteiger partial charge in [0.05, 0.1) is 6.33 Å². The lowest BCUT2D eigenvalue weighted by molar-refractivity contribution is -0.133. The quantitative estimate of drug-likeness (QED) is 0.609. The van der Waals surface area contributed by atoms with Crippen LogP contribution >= 0.6 is 0 Å². The van der Waals surface area contributed by atoms with Gasteiger partial charge in [-0.1, -0.05) is 30.3 Å². The predicted molar refractivity (Wildman–Crippen MR) is 109 cm³/mol. The van der Waals surface area contributed by atoms with E-state index in [2.05, 4.69) is 22.0 Å². The van der Waals surface area contributed by atoms with E-state index in [9.17, 15) is 14.4 Å². The van der Waals surface area contributed by atoms with Gasteiger partial charge in [-0.3, -0.25) is 19.1 Å². The van der Waals surface area contributed by atoms with Gasteiger partial charge in [-0.05, 0) is 5.56 Å². The first kappa shape index (κ1) is 19.1. The summed E-state index contributed by atoms with van der Waals surface area (Å²) in [5.41, 5.74) is 0.858. The molecular weight excluding hydrogens is 372 g/mol. The molecule has 29 heavy (non-hydrogen) atoms. The number of imidazole rings is 1. The van der Waals surface area contributed by atoms with E-state index in [-0.39, 0.29) is 12.5 Å². The largest absolute Gasteiger partial charge is 0.339 e. The number of hydrogen-bond acceptors (Lipinski definition) is 5. The minimum atomic E-state index is -0.530. The van der Waals surface area contributed by atoms with Crippen molar-refractivity contribution >= 4 is 17.1 Å². The van der Waals surface area contributed by atoms with Crippen LogP contribution in [0, 0.1) is 0 Å². The van der Waals surface area contributed by atoms with Gasteiger partial charge in [0.2, 0.25) is 5.91 Å². The van der Waals surface area contributed by atoms with Crippen molar-refractivity contribution in [2.45, 2.75) is 13.1 Å². The number of carbonyl (C=O) groups is 1. The zero-order chi connectivity index (χ0) is 20.5. The van der Waals surface area contributed by atoms with Gasteiger partial charge in [0.15, 0.2) is 11.2 Å². The SMILES string of the molecule is Cn1cnc2c1c(=O)n(CC(=O)N1CCN(Cc3ccccc3)CC1)c(=O)n2C. The van der Waals surface area contributed by atoms with E-state index in [4.69, 9.17) is 0 Å². The third kappa shape index (κ3) is 3.61. The van der Waals surface area contributed by atoms with Crippen molar-refractivity contribution in [2.24, 2.45) is 14.1 Å². The molecule has 1 aromatic carbocycles. The lowest BCUT2D eigenvalue weighted by Gasteiger charge is -2.34. The van der Waals surface area contributed by atoms with E-state index in [0.29, 0.717) is 24.3 Å². The van der Waals surface area contributed by atoms with Crippen molar-refractivity contribution in [3.8, 4) is 0 Å². The molecule has 1 aliphatic heterocycles. The number of rotatable bonds is 4. The van der Waals surface area contributed by atoms with Crippen molar-refractivity contribution in [1.29, 1.82) is 0 Å². The third-order valence-corrected chi connectivity index (χ3v) is 5.47. The third-order valence-electron chi connectivity index (χ3n) is 5.47. The van der Waals surface area contributed by atoms with Crippen LogP contribution in [0.15, 0.2) is 46.2 Å². The average molecular weight is 396 g/mol. The minimum absolute atomic E-state index is 0.218. The second kappa shape index (κ2) is 7.67. The predicted octanol–water partition coefficient (Wildman–Crippen LogP) is -0.222. The maximum Gasteiger partial charge on any atom is 0.332 e. The summed E-state index contributed by atoms with van der Waals surface area (Å²) in [4.78, 5) is 46.3. The first-order chi connectivity index (χ1) is 14.0. The maximum atomic E-state index is 12.8. The van der Waals surface area contributed by atoms with Crippen LogP contribution < -0.4 is 11.2 Å². The highest BCUT2D eigenvalue weighted by Gasteiger charge is 2.23. The Hall–Kier alpha value is -3.20. The van der Waals surface area contributed by atoms with Crippen molar-refractivity contribution in [1.82, 2.24) is 28.5 Å². The number of benzene rings is 1. The summed E-state index contributed by atoms with van der Waals surface area (Å²) in [5, 5.41) is 0. The monoisotopic (exact) mass is 396 g/mol. The summed E-state index contributed by atoms with van der Waals surface area (Å²) in [5.74, 6) is -0.218. The molecule has 0 atom stereocenters. The molecule has 2 aromatic heterocycles.